The highest BCUT2D eigenvalue weighted by molar-refractivity contribution is 5.97. The number of carbonyl (C=O) groups is 2. The molecule has 1 aromatic rings. The third-order valence-corrected chi connectivity index (χ3v) is 4.58. The third kappa shape index (κ3) is 3.14. The number of nitrogens with zero attached hydrogens (tertiary/aromatic N) is 2. The number of carbonyl (C=O) groups excluding carboxylic acids is 1. The average Bonchev–Trinajstić information content (AvgIpc) is 3.17. The summed E-state index contributed by atoms with van der Waals surface area (Å²) >= 11 is 0. The van der Waals surface area contributed by atoms with Crippen LogP contribution in [0.4, 0.5) is 0 Å². The maximum Gasteiger partial charge on any atom is 0.326 e. The van der Waals surface area contributed by atoms with E-state index >= 15 is 0 Å². The number of aliphatic carboxylic acids is 1. The van der Waals surface area contributed by atoms with E-state index in [1.165, 1.54) is 17.7 Å². The maximum atomic E-state index is 12.6. The lowest BCUT2D eigenvalue weighted by Gasteiger charge is -2.22. The second-order valence-corrected chi connectivity index (χ2v) is 6.18. The van der Waals surface area contributed by atoms with Crippen LogP contribution in [0.15, 0.2) is 24.3 Å². The van der Waals surface area contributed by atoms with Gasteiger partial charge in [-0.2, -0.15) is 0 Å². The zero-order valence-corrected chi connectivity index (χ0v) is 12.7. The van der Waals surface area contributed by atoms with Crippen LogP contribution in [0.25, 0.3) is 0 Å². The lowest BCUT2D eigenvalue weighted by molar-refractivity contribution is -0.141. The predicted octanol–water partition coefficient (Wildman–Crippen LogP) is 1.97. The Morgan fingerprint density at radius 1 is 1.14 bits per heavy atom. The van der Waals surface area contributed by atoms with Gasteiger partial charge in [0.25, 0.3) is 5.91 Å². The molecule has 3 rings (SSSR count). The van der Waals surface area contributed by atoms with Gasteiger partial charge in [-0.05, 0) is 56.5 Å². The summed E-state index contributed by atoms with van der Waals surface area (Å²) in [6.45, 7) is 3.63. The summed E-state index contributed by atoms with van der Waals surface area (Å²) in [6.07, 6.45) is 3.80. The molecule has 1 aromatic carbocycles. The van der Waals surface area contributed by atoms with Crippen LogP contribution in [-0.4, -0.2) is 52.5 Å². The number of carboxylic acids is 1. The number of hydrogen-bond acceptors (Lipinski definition) is 3. The molecule has 0 aliphatic carbocycles. The Bertz CT molecular complexity index is 567. The van der Waals surface area contributed by atoms with Gasteiger partial charge in [0.05, 0.1) is 0 Å². The van der Waals surface area contributed by atoms with Crippen molar-refractivity contribution >= 4 is 11.9 Å². The van der Waals surface area contributed by atoms with Gasteiger partial charge in [-0.1, -0.05) is 12.1 Å². The minimum Gasteiger partial charge on any atom is -0.480 e. The smallest absolute Gasteiger partial charge is 0.326 e. The minimum absolute atomic E-state index is 0.159. The highest BCUT2D eigenvalue weighted by Gasteiger charge is 2.34. The Labute approximate surface area is 130 Å². The van der Waals surface area contributed by atoms with Crippen molar-refractivity contribution in [1.82, 2.24) is 9.80 Å². The van der Waals surface area contributed by atoms with Crippen LogP contribution in [0, 0.1) is 0 Å². The van der Waals surface area contributed by atoms with Crippen LogP contribution < -0.4 is 0 Å². The Hall–Kier alpha value is -1.88. The lowest BCUT2D eigenvalue weighted by Crippen LogP contribution is -2.40. The first kappa shape index (κ1) is 15.0. The number of hydrogen-bond donors (Lipinski definition) is 1. The molecular weight excluding hydrogens is 280 g/mol. The standard InChI is InChI=1S/C17H22N2O3/c20-16(19-10-4-7-15(19)17(21)22)14-6-3-5-13(11-14)12-18-8-1-2-9-18/h3,5-6,11,15H,1-2,4,7-10,12H2,(H,21,22)/t15-/m0/s1. The lowest BCUT2D eigenvalue weighted by atomic mass is 10.1. The fraction of sp³-hybridized carbons (Fsp3) is 0.529. The molecule has 0 aromatic heterocycles. The van der Waals surface area contributed by atoms with Gasteiger partial charge in [-0.3, -0.25) is 9.69 Å². The number of amides is 1. The van der Waals surface area contributed by atoms with E-state index in [9.17, 15) is 14.7 Å². The van der Waals surface area contributed by atoms with Crippen molar-refractivity contribution in [1.29, 1.82) is 0 Å². The molecule has 2 saturated heterocycles. The molecule has 0 spiro atoms. The largest absolute Gasteiger partial charge is 0.480 e. The van der Waals surface area contributed by atoms with Gasteiger partial charge in [0.15, 0.2) is 0 Å². The van der Waals surface area contributed by atoms with Gasteiger partial charge in [0.2, 0.25) is 0 Å². The molecule has 0 bridgehead atoms. The molecule has 1 amide bonds. The summed E-state index contributed by atoms with van der Waals surface area (Å²) in [4.78, 5) is 27.7. The topological polar surface area (TPSA) is 60.9 Å². The maximum absolute atomic E-state index is 12.6. The molecule has 0 radical (unpaired) electrons. The van der Waals surface area contributed by atoms with Crippen LogP contribution in [0.2, 0.25) is 0 Å². The highest BCUT2D eigenvalue weighted by Crippen LogP contribution is 2.21. The van der Waals surface area contributed by atoms with Gasteiger partial charge < -0.3 is 10.0 Å². The van der Waals surface area contributed by atoms with Crippen LogP contribution in [0.1, 0.15) is 41.6 Å². The number of rotatable bonds is 4. The van der Waals surface area contributed by atoms with Gasteiger partial charge in [0.1, 0.15) is 6.04 Å². The molecule has 2 fully saturated rings. The van der Waals surface area contributed by atoms with Crippen molar-refractivity contribution in [2.75, 3.05) is 19.6 Å². The fourth-order valence-corrected chi connectivity index (χ4v) is 3.43. The second-order valence-electron chi connectivity index (χ2n) is 6.18. The quantitative estimate of drug-likeness (QED) is 0.924. The van der Waals surface area contributed by atoms with Crippen LogP contribution in [-0.2, 0) is 11.3 Å². The van der Waals surface area contributed by atoms with E-state index in [0.717, 1.165) is 31.6 Å². The SMILES string of the molecule is O=C(O)[C@@H]1CCCN1C(=O)c1cccc(CN2CCCC2)c1. The number of carboxylic acid groups (broad SMARTS) is 1. The molecule has 2 aliphatic heterocycles. The first-order valence-corrected chi connectivity index (χ1v) is 8.00. The molecule has 2 heterocycles. The number of benzene rings is 1. The summed E-state index contributed by atoms with van der Waals surface area (Å²) in [6, 6.07) is 6.96. The van der Waals surface area contributed by atoms with Crippen molar-refractivity contribution in [3.63, 3.8) is 0 Å². The Kier molecular flexibility index (Phi) is 4.43. The van der Waals surface area contributed by atoms with Crippen molar-refractivity contribution in [2.45, 2.75) is 38.3 Å². The van der Waals surface area contributed by atoms with Crippen molar-refractivity contribution in [3.8, 4) is 0 Å². The third-order valence-electron chi connectivity index (χ3n) is 4.58. The van der Waals surface area contributed by atoms with E-state index in [4.69, 9.17) is 0 Å². The normalized spacial score (nSPS) is 22.2. The Morgan fingerprint density at radius 2 is 1.91 bits per heavy atom. The van der Waals surface area contributed by atoms with Crippen molar-refractivity contribution in [2.24, 2.45) is 0 Å². The summed E-state index contributed by atoms with van der Waals surface area (Å²) in [7, 11) is 0. The molecule has 5 nitrogen and oxygen atoms in total. The van der Waals surface area contributed by atoms with Gasteiger partial charge in [-0.25, -0.2) is 4.79 Å². The zero-order chi connectivity index (χ0) is 15.5. The van der Waals surface area contributed by atoms with E-state index in [2.05, 4.69) is 4.90 Å². The van der Waals surface area contributed by atoms with Crippen LogP contribution in [0.3, 0.4) is 0 Å². The van der Waals surface area contributed by atoms with Gasteiger partial charge in [0, 0.05) is 18.7 Å². The summed E-state index contributed by atoms with van der Waals surface area (Å²) < 4.78 is 0. The predicted molar refractivity (Wildman–Crippen MR) is 82.6 cm³/mol. The van der Waals surface area contributed by atoms with Crippen LogP contribution >= 0.6 is 0 Å². The van der Waals surface area contributed by atoms with E-state index in [-0.39, 0.29) is 5.91 Å². The Balaban J connectivity index is 1.73. The van der Waals surface area contributed by atoms with E-state index in [0.29, 0.717) is 18.5 Å². The van der Waals surface area contributed by atoms with E-state index < -0.39 is 12.0 Å². The summed E-state index contributed by atoms with van der Waals surface area (Å²) in [5.74, 6) is -1.06. The molecule has 1 N–H and O–H groups in total. The van der Waals surface area contributed by atoms with E-state index in [1.54, 1.807) is 6.07 Å². The van der Waals surface area contributed by atoms with Crippen molar-refractivity contribution < 1.29 is 14.7 Å². The second kappa shape index (κ2) is 6.48. The van der Waals surface area contributed by atoms with Gasteiger partial charge in [-0.15, -0.1) is 0 Å². The fourth-order valence-electron chi connectivity index (χ4n) is 3.43. The average molecular weight is 302 g/mol. The molecule has 5 heteroatoms. The zero-order valence-electron chi connectivity index (χ0n) is 12.7. The number of likely N-dealkylation sites (tertiary alicyclic amines) is 2. The molecule has 118 valence electrons. The Morgan fingerprint density at radius 3 is 2.64 bits per heavy atom. The van der Waals surface area contributed by atoms with Crippen molar-refractivity contribution in [3.05, 3.63) is 35.4 Å². The molecule has 0 saturated carbocycles. The minimum atomic E-state index is -0.904. The molecule has 2 aliphatic rings. The van der Waals surface area contributed by atoms with Gasteiger partial charge >= 0.3 is 5.97 Å². The summed E-state index contributed by atoms with van der Waals surface area (Å²) in [5.41, 5.74) is 1.73. The molecular formula is C17H22N2O3. The van der Waals surface area contributed by atoms with Crippen LogP contribution in [0.5, 0.6) is 0 Å². The van der Waals surface area contributed by atoms with E-state index in [1.807, 2.05) is 18.2 Å². The molecule has 22 heavy (non-hydrogen) atoms. The molecule has 1 atom stereocenters. The molecule has 0 unspecified atom stereocenters. The first-order valence-electron chi connectivity index (χ1n) is 8.00. The summed E-state index contributed by atoms with van der Waals surface area (Å²) in [5, 5.41) is 9.22. The highest BCUT2D eigenvalue weighted by atomic mass is 16.4. The first-order chi connectivity index (χ1) is 10.6. The monoisotopic (exact) mass is 302 g/mol.